The monoisotopic (exact) mass is 388 g/mol. The highest BCUT2D eigenvalue weighted by molar-refractivity contribution is 8.01. The highest BCUT2D eigenvalue weighted by atomic mass is 35.5. The molecular weight excluding hydrogens is 376 g/mol. The van der Waals surface area contributed by atoms with E-state index in [9.17, 15) is 0 Å². The molecule has 0 aliphatic rings. The number of tetrazole rings is 1. The van der Waals surface area contributed by atoms with Crippen LogP contribution >= 0.6 is 34.7 Å². The van der Waals surface area contributed by atoms with Crippen molar-refractivity contribution in [2.75, 3.05) is 19.0 Å². The molecule has 2 heterocycles. The Morgan fingerprint density at radius 3 is 2.64 bits per heavy atom. The number of fused-ring (bicyclic) bond motifs is 1. The average molecular weight is 389 g/mol. The second-order valence-electron chi connectivity index (χ2n) is 5.45. The first kappa shape index (κ1) is 16.3. The average Bonchev–Trinajstić information content (AvgIpc) is 3.22. The van der Waals surface area contributed by atoms with Gasteiger partial charge in [0.15, 0.2) is 4.34 Å². The minimum atomic E-state index is 0.652. The molecule has 6 nitrogen and oxygen atoms in total. The number of hydrogen-bond donors (Lipinski definition) is 0. The molecule has 0 saturated carbocycles. The van der Waals surface area contributed by atoms with Crippen LogP contribution in [-0.4, -0.2) is 39.3 Å². The van der Waals surface area contributed by atoms with Crippen molar-refractivity contribution in [2.45, 2.75) is 9.50 Å². The third-order valence-electron chi connectivity index (χ3n) is 3.58. The van der Waals surface area contributed by atoms with E-state index in [0.717, 1.165) is 25.9 Å². The maximum atomic E-state index is 6.21. The van der Waals surface area contributed by atoms with Crippen molar-refractivity contribution in [3.63, 3.8) is 0 Å². The molecule has 2 aromatic carbocycles. The first-order chi connectivity index (χ1) is 12.1. The Labute approximate surface area is 157 Å². The van der Waals surface area contributed by atoms with Crippen LogP contribution in [0.4, 0.5) is 5.69 Å². The summed E-state index contributed by atoms with van der Waals surface area (Å²) in [5.41, 5.74) is 2.83. The maximum Gasteiger partial charge on any atom is 0.221 e. The zero-order valence-electron chi connectivity index (χ0n) is 13.4. The predicted molar refractivity (Wildman–Crippen MR) is 102 cm³/mol. The van der Waals surface area contributed by atoms with E-state index in [-0.39, 0.29) is 0 Å². The van der Waals surface area contributed by atoms with Crippen LogP contribution in [0.5, 0.6) is 0 Å². The summed E-state index contributed by atoms with van der Waals surface area (Å²) < 4.78 is 3.60. The minimum absolute atomic E-state index is 0.652. The molecule has 25 heavy (non-hydrogen) atoms. The number of para-hydroxylation sites is 1. The van der Waals surface area contributed by atoms with E-state index in [0.29, 0.717) is 10.2 Å². The Kier molecular flexibility index (Phi) is 4.32. The summed E-state index contributed by atoms with van der Waals surface area (Å²) in [5.74, 6) is 0. The van der Waals surface area contributed by atoms with Gasteiger partial charge in [-0.1, -0.05) is 17.7 Å². The first-order valence-electron chi connectivity index (χ1n) is 7.41. The summed E-state index contributed by atoms with van der Waals surface area (Å²) in [6.07, 6.45) is 0. The summed E-state index contributed by atoms with van der Waals surface area (Å²) in [5, 5.41) is 13.3. The van der Waals surface area contributed by atoms with Crippen molar-refractivity contribution >= 4 is 50.6 Å². The Hall–Kier alpha value is -2.16. The van der Waals surface area contributed by atoms with E-state index in [2.05, 4.69) is 20.5 Å². The van der Waals surface area contributed by atoms with E-state index in [1.807, 2.05) is 61.5 Å². The Morgan fingerprint density at radius 2 is 1.92 bits per heavy atom. The van der Waals surface area contributed by atoms with E-state index >= 15 is 0 Å². The van der Waals surface area contributed by atoms with E-state index in [1.165, 1.54) is 11.8 Å². The molecular formula is C16H13ClN6S2. The van der Waals surface area contributed by atoms with Crippen LogP contribution in [0.25, 0.3) is 15.9 Å². The lowest BCUT2D eigenvalue weighted by atomic mass is 10.3. The number of hydrogen-bond acceptors (Lipinski definition) is 7. The fourth-order valence-corrected chi connectivity index (χ4v) is 4.57. The lowest BCUT2D eigenvalue weighted by Gasteiger charge is -2.12. The van der Waals surface area contributed by atoms with Gasteiger partial charge < -0.3 is 4.90 Å². The normalized spacial score (nSPS) is 11.2. The molecule has 4 rings (SSSR count). The fraction of sp³-hybridized carbons (Fsp3) is 0.125. The van der Waals surface area contributed by atoms with Crippen molar-refractivity contribution in [1.82, 2.24) is 25.2 Å². The van der Waals surface area contributed by atoms with Crippen molar-refractivity contribution in [1.29, 1.82) is 0 Å². The smallest absolute Gasteiger partial charge is 0.221 e. The third-order valence-corrected chi connectivity index (χ3v) is 5.90. The van der Waals surface area contributed by atoms with Gasteiger partial charge in [-0.25, -0.2) is 4.98 Å². The molecule has 2 aromatic heterocycles. The quantitative estimate of drug-likeness (QED) is 0.523. The van der Waals surface area contributed by atoms with Gasteiger partial charge in [0.1, 0.15) is 5.52 Å². The van der Waals surface area contributed by atoms with Crippen molar-refractivity contribution in [2.24, 2.45) is 0 Å². The van der Waals surface area contributed by atoms with Crippen LogP contribution in [0.3, 0.4) is 0 Å². The second-order valence-corrected chi connectivity index (χ2v) is 8.10. The molecule has 0 aliphatic heterocycles. The zero-order chi connectivity index (χ0) is 17.4. The molecule has 0 spiro atoms. The number of benzene rings is 2. The fourth-order valence-electron chi connectivity index (χ4n) is 2.31. The van der Waals surface area contributed by atoms with Gasteiger partial charge in [-0.3, -0.25) is 0 Å². The van der Waals surface area contributed by atoms with Crippen molar-refractivity contribution in [3.8, 4) is 5.69 Å². The maximum absolute atomic E-state index is 6.21. The van der Waals surface area contributed by atoms with E-state index in [4.69, 9.17) is 11.6 Å². The van der Waals surface area contributed by atoms with Gasteiger partial charge in [-0.05, 0) is 58.6 Å². The van der Waals surface area contributed by atoms with Gasteiger partial charge in [0.25, 0.3) is 0 Å². The van der Waals surface area contributed by atoms with Crippen LogP contribution < -0.4 is 4.90 Å². The predicted octanol–water partition coefficient (Wildman–Crippen LogP) is 4.14. The van der Waals surface area contributed by atoms with Crippen LogP contribution in [0.15, 0.2) is 52.0 Å². The number of aromatic nitrogens is 5. The molecule has 4 aromatic rings. The highest BCUT2D eigenvalue weighted by Gasteiger charge is 2.14. The largest absolute Gasteiger partial charge is 0.378 e. The zero-order valence-corrected chi connectivity index (χ0v) is 15.8. The molecule has 0 atom stereocenters. The lowest BCUT2D eigenvalue weighted by molar-refractivity contribution is 0.756. The van der Waals surface area contributed by atoms with Gasteiger partial charge in [0.05, 0.1) is 15.4 Å². The number of halogens is 1. The topological polar surface area (TPSA) is 59.7 Å². The SMILES string of the molecule is CN(C)c1ccc(-n2nnnc2Sc2nc3c(Cl)cccc3s2)cc1. The van der Waals surface area contributed by atoms with Crippen molar-refractivity contribution < 1.29 is 0 Å². The Bertz CT molecular complexity index is 1020. The molecule has 0 saturated heterocycles. The molecule has 0 bridgehead atoms. The second kappa shape index (κ2) is 6.62. The molecule has 0 unspecified atom stereocenters. The molecule has 9 heteroatoms. The van der Waals surface area contributed by atoms with Crippen LogP contribution in [0.2, 0.25) is 5.02 Å². The number of nitrogens with zero attached hydrogens (tertiary/aromatic N) is 6. The first-order valence-corrected chi connectivity index (χ1v) is 9.42. The summed E-state index contributed by atoms with van der Waals surface area (Å²) in [6.45, 7) is 0. The number of thiazole rings is 1. The van der Waals surface area contributed by atoms with Crippen LogP contribution in [-0.2, 0) is 0 Å². The van der Waals surface area contributed by atoms with E-state index < -0.39 is 0 Å². The molecule has 0 aliphatic carbocycles. The van der Waals surface area contributed by atoms with Crippen LogP contribution in [0, 0.1) is 0 Å². The van der Waals surface area contributed by atoms with Gasteiger partial charge in [0.2, 0.25) is 5.16 Å². The molecule has 0 amide bonds. The molecule has 126 valence electrons. The summed E-state index contributed by atoms with van der Waals surface area (Å²) in [4.78, 5) is 6.64. The summed E-state index contributed by atoms with van der Waals surface area (Å²) in [6, 6.07) is 13.8. The van der Waals surface area contributed by atoms with Gasteiger partial charge >= 0.3 is 0 Å². The van der Waals surface area contributed by atoms with Crippen molar-refractivity contribution in [3.05, 3.63) is 47.5 Å². The highest BCUT2D eigenvalue weighted by Crippen LogP contribution is 2.36. The summed E-state index contributed by atoms with van der Waals surface area (Å²) in [7, 11) is 4.01. The molecule has 0 fully saturated rings. The lowest BCUT2D eigenvalue weighted by Crippen LogP contribution is -2.08. The Morgan fingerprint density at radius 1 is 1.12 bits per heavy atom. The standard InChI is InChI=1S/C16H13ClN6S2/c1-22(2)10-6-8-11(9-7-10)23-15(19-20-21-23)25-16-18-14-12(17)4-3-5-13(14)24-16/h3-9H,1-2H3. The van der Waals surface area contributed by atoms with Gasteiger partial charge in [-0.15, -0.1) is 16.4 Å². The summed E-state index contributed by atoms with van der Waals surface area (Å²) >= 11 is 9.20. The molecule has 0 N–H and O–H groups in total. The van der Waals surface area contributed by atoms with Gasteiger partial charge in [0, 0.05) is 19.8 Å². The van der Waals surface area contributed by atoms with Gasteiger partial charge in [-0.2, -0.15) is 4.68 Å². The minimum Gasteiger partial charge on any atom is -0.378 e. The van der Waals surface area contributed by atoms with Crippen LogP contribution in [0.1, 0.15) is 0 Å². The molecule has 0 radical (unpaired) electrons. The number of rotatable bonds is 4. The van der Waals surface area contributed by atoms with E-state index in [1.54, 1.807) is 16.0 Å². The third kappa shape index (κ3) is 3.20. The number of anilines is 1. The Balaban J connectivity index is 1.65.